The highest BCUT2D eigenvalue weighted by Crippen LogP contribution is 2.36. The van der Waals surface area contributed by atoms with Crippen molar-refractivity contribution in [3.63, 3.8) is 0 Å². The van der Waals surface area contributed by atoms with E-state index in [1.54, 1.807) is 14.2 Å². The molecule has 1 amide bonds. The topological polar surface area (TPSA) is 86.2 Å². The van der Waals surface area contributed by atoms with Crippen LogP contribution in [0.3, 0.4) is 0 Å². The first-order chi connectivity index (χ1) is 15.6. The number of hydrogen-bond acceptors (Lipinski definition) is 8. The van der Waals surface area contributed by atoms with E-state index in [-0.39, 0.29) is 12.5 Å². The number of amides is 1. The molecule has 1 N–H and O–H groups in total. The predicted octanol–water partition coefficient (Wildman–Crippen LogP) is 5.02. The summed E-state index contributed by atoms with van der Waals surface area (Å²) in [5, 5.41) is 6.25. The van der Waals surface area contributed by atoms with Crippen molar-refractivity contribution in [2.75, 3.05) is 19.5 Å². The van der Waals surface area contributed by atoms with Crippen LogP contribution in [0.1, 0.15) is 38.6 Å². The number of nitrogens with zero attached hydrogens (tertiary/aromatic N) is 3. The number of nitrogens with one attached hydrogen (secondary N) is 1. The molecule has 0 spiro atoms. The molecule has 1 aliphatic carbocycles. The van der Waals surface area contributed by atoms with Crippen LogP contribution in [-0.4, -0.2) is 35.1 Å². The molecular weight excluding hydrogens is 444 g/mol. The van der Waals surface area contributed by atoms with Gasteiger partial charge in [-0.25, -0.2) is 9.97 Å². The molecule has 9 heteroatoms. The molecule has 4 aromatic rings. The lowest BCUT2D eigenvalue weighted by atomic mass is 10.1. The number of aromatic nitrogens is 3. The number of rotatable bonds is 6. The molecule has 0 fully saturated rings. The van der Waals surface area contributed by atoms with Gasteiger partial charge in [0.1, 0.15) is 11.4 Å². The zero-order valence-corrected chi connectivity index (χ0v) is 19.7. The minimum Gasteiger partial charge on any atom is -0.480 e. The minimum atomic E-state index is -0.212. The lowest BCUT2D eigenvalue weighted by Gasteiger charge is -2.05. The maximum absolute atomic E-state index is 13.1. The summed E-state index contributed by atoms with van der Waals surface area (Å²) >= 11 is 2.74. The van der Waals surface area contributed by atoms with Gasteiger partial charge >= 0.3 is 0 Å². The minimum absolute atomic E-state index is 0.212. The van der Waals surface area contributed by atoms with Crippen LogP contribution in [0.25, 0.3) is 21.5 Å². The van der Waals surface area contributed by atoms with Gasteiger partial charge in [-0.1, -0.05) is 12.1 Å². The number of carbonyl (C=O) groups is 1. The van der Waals surface area contributed by atoms with E-state index < -0.39 is 0 Å². The zero-order chi connectivity index (χ0) is 22.2. The molecule has 164 valence electrons. The van der Waals surface area contributed by atoms with Gasteiger partial charge in [-0.3, -0.25) is 10.1 Å². The number of thiazole rings is 1. The Kier molecular flexibility index (Phi) is 5.62. The zero-order valence-electron chi connectivity index (χ0n) is 18.0. The Morgan fingerprint density at radius 1 is 1.16 bits per heavy atom. The van der Waals surface area contributed by atoms with Crippen LogP contribution in [0.2, 0.25) is 0 Å². The lowest BCUT2D eigenvalue weighted by Crippen LogP contribution is -2.11. The highest BCUT2D eigenvalue weighted by Gasteiger charge is 2.22. The molecule has 0 saturated heterocycles. The van der Waals surface area contributed by atoms with Crippen molar-refractivity contribution in [1.29, 1.82) is 0 Å². The Balaban J connectivity index is 1.41. The fourth-order valence-corrected chi connectivity index (χ4v) is 5.85. The van der Waals surface area contributed by atoms with E-state index in [9.17, 15) is 4.79 Å². The summed E-state index contributed by atoms with van der Waals surface area (Å²) in [5.41, 5.74) is 5.60. The Hall–Kier alpha value is -2.88. The van der Waals surface area contributed by atoms with Crippen LogP contribution in [0.4, 0.5) is 5.13 Å². The molecule has 32 heavy (non-hydrogen) atoms. The molecule has 7 nitrogen and oxygen atoms in total. The van der Waals surface area contributed by atoms with Gasteiger partial charge in [0.2, 0.25) is 5.88 Å². The van der Waals surface area contributed by atoms with Gasteiger partial charge in [0.05, 0.1) is 23.1 Å². The first kappa shape index (κ1) is 21.0. The van der Waals surface area contributed by atoms with Crippen LogP contribution >= 0.6 is 22.7 Å². The molecular formula is C23H22N4O3S2. The Morgan fingerprint density at radius 2 is 2.00 bits per heavy atom. The van der Waals surface area contributed by atoms with Crippen molar-refractivity contribution >= 4 is 43.9 Å². The van der Waals surface area contributed by atoms with Crippen LogP contribution in [-0.2, 0) is 24.2 Å². The fraction of sp³-hybridized carbons (Fsp3) is 0.304. The average Bonchev–Trinajstić information content (AvgIpc) is 3.52. The van der Waals surface area contributed by atoms with Crippen LogP contribution in [0, 0.1) is 6.92 Å². The van der Waals surface area contributed by atoms with Gasteiger partial charge in [0, 0.05) is 18.1 Å². The van der Waals surface area contributed by atoms with E-state index >= 15 is 0 Å². The first-order valence-electron chi connectivity index (χ1n) is 10.3. The number of methoxy groups -OCH3 is 2. The first-order valence-corrected chi connectivity index (χ1v) is 12.0. The largest absolute Gasteiger partial charge is 0.480 e. The third-order valence-electron chi connectivity index (χ3n) is 5.60. The van der Waals surface area contributed by atoms with Gasteiger partial charge in [0.15, 0.2) is 11.0 Å². The third kappa shape index (κ3) is 3.76. The number of anilines is 1. The fourth-order valence-electron chi connectivity index (χ4n) is 4.05. The maximum atomic E-state index is 13.1. The number of fused-ring (bicyclic) bond motifs is 2. The second-order valence-corrected chi connectivity index (χ2v) is 9.50. The molecule has 0 atom stereocenters. The molecule has 0 radical (unpaired) electrons. The van der Waals surface area contributed by atoms with Crippen molar-refractivity contribution in [3.8, 4) is 17.1 Å². The molecule has 0 aliphatic heterocycles. The van der Waals surface area contributed by atoms with Crippen molar-refractivity contribution in [3.05, 3.63) is 51.0 Å². The summed E-state index contributed by atoms with van der Waals surface area (Å²) in [6, 6.07) is 6.53. The van der Waals surface area contributed by atoms with E-state index in [0.29, 0.717) is 26.5 Å². The van der Waals surface area contributed by atoms with Gasteiger partial charge < -0.3 is 9.47 Å². The predicted molar refractivity (Wildman–Crippen MR) is 127 cm³/mol. The summed E-state index contributed by atoms with van der Waals surface area (Å²) < 4.78 is 10.6. The second-order valence-electron chi connectivity index (χ2n) is 7.65. The quantitative estimate of drug-likeness (QED) is 0.429. The van der Waals surface area contributed by atoms with Crippen molar-refractivity contribution in [1.82, 2.24) is 15.0 Å². The van der Waals surface area contributed by atoms with Crippen LogP contribution in [0.15, 0.2) is 23.6 Å². The number of ether oxygens (including phenoxy) is 2. The van der Waals surface area contributed by atoms with E-state index in [0.717, 1.165) is 35.0 Å². The van der Waals surface area contributed by atoms with Gasteiger partial charge in [-0.15, -0.1) is 22.7 Å². The normalized spacial score (nSPS) is 12.8. The highest BCUT2D eigenvalue weighted by molar-refractivity contribution is 7.21. The Bertz CT molecular complexity index is 1330. The van der Waals surface area contributed by atoms with Crippen molar-refractivity contribution in [2.45, 2.75) is 32.8 Å². The summed E-state index contributed by atoms with van der Waals surface area (Å²) in [6.07, 6.45) is 3.50. The van der Waals surface area contributed by atoms with Crippen LogP contribution in [0.5, 0.6) is 5.88 Å². The number of benzene rings is 1. The molecule has 1 aliphatic rings. The molecule has 0 bridgehead atoms. The van der Waals surface area contributed by atoms with Crippen molar-refractivity contribution < 1.29 is 14.3 Å². The molecule has 0 saturated carbocycles. The molecule has 1 aromatic carbocycles. The smallest absolute Gasteiger partial charge is 0.267 e. The van der Waals surface area contributed by atoms with Gasteiger partial charge in [-0.2, -0.15) is 4.98 Å². The molecule has 3 aromatic heterocycles. The van der Waals surface area contributed by atoms with Gasteiger partial charge in [-0.05, 0) is 48.9 Å². The lowest BCUT2D eigenvalue weighted by molar-refractivity contribution is 0.103. The summed E-state index contributed by atoms with van der Waals surface area (Å²) in [5.74, 6) is 0.752. The number of thiophene rings is 1. The molecule has 5 rings (SSSR count). The van der Waals surface area contributed by atoms with Crippen molar-refractivity contribution in [2.24, 2.45) is 0 Å². The SMILES string of the molecule is COCc1nc(OC)c2c(C)c(C(=O)Nc3nc(-c4ccc5c(c4)CCC5)cs3)sc2n1. The number of hydrogen-bond donors (Lipinski definition) is 1. The van der Waals surface area contributed by atoms with E-state index in [4.69, 9.17) is 9.47 Å². The Labute approximate surface area is 193 Å². The monoisotopic (exact) mass is 466 g/mol. The van der Waals surface area contributed by atoms with E-state index in [1.807, 2.05) is 12.3 Å². The Morgan fingerprint density at radius 3 is 2.81 bits per heavy atom. The number of aryl methyl sites for hydroxylation is 3. The number of carbonyl (C=O) groups excluding carboxylic acids is 1. The standard InChI is InChI=1S/C23H22N4O3S2/c1-12-18-21(30-3)25-17(10-29-2)26-22(18)32-19(12)20(28)27-23-24-16(11-31-23)15-8-7-13-5-4-6-14(13)9-15/h7-9,11H,4-6,10H2,1-3H3,(H,24,27,28). The molecule has 0 unspecified atom stereocenters. The summed E-state index contributed by atoms with van der Waals surface area (Å²) in [4.78, 5) is 27.9. The van der Waals surface area contributed by atoms with E-state index in [1.165, 1.54) is 40.2 Å². The van der Waals surface area contributed by atoms with Crippen LogP contribution < -0.4 is 10.1 Å². The second kappa shape index (κ2) is 8.57. The maximum Gasteiger partial charge on any atom is 0.267 e. The summed E-state index contributed by atoms with van der Waals surface area (Å²) in [7, 11) is 3.15. The van der Waals surface area contributed by atoms with Gasteiger partial charge in [0.25, 0.3) is 5.91 Å². The molecule has 3 heterocycles. The highest BCUT2D eigenvalue weighted by atomic mass is 32.1. The average molecular weight is 467 g/mol. The third-order valence-corrected chi connectivity index (χ3v) is 7.54. The summed E-state index contributed by atoms with van der Waals surface area (Å²) in [6.45, 7) is 2.16. The van der Waals surface area contributed by atoms with E-state index in [2.05, 4.69) is 38.5 Å².